The van der Waals surface area contributed by atoms with E-state index in [1.165, 1.54) is 6.07 Å². The van der Waals surface area contributed by atoms with Gasteiger partial charge in [-0.05, 0) is 56.1 Å². The van der Waals surface area contributed by atoms with Gasteiger partial charge in [-0.3, -0.25) is 4.98 Å². The van der Waals surface area contributed by atoms with E-state index in [0.717, 1.165) is 4.47 Å². The Bertz CT molecular complexity index is 866. The number of phenolic OH excluding ortho intramolecular Hbond substituents is 1. The molecule has 22 heavy (non-hydrogen) atoms. The van der Waals surface area contributed by atoms with Crippen molar-refractivity contribution < 1.29 is 9.52 Å². The van der Waals surface area contributed by atoms with Crippen molar-refractivity contribution in [2.75, 3.05) is 5.73 Å². The minimum absolute atomic E-state index is 0.00759. The summed E-state index contributed by atoms with van der Waals surface area (Å²) >= 11 is 17.9. The molecule has 0 amide bonds. The van der Waals surface area contributed by atoms with Gasteiger partial charge in [-0.1, -0.05) is 23.2 Å². The van der Waals surface area contributed by atoms with E-state index in [1.54, 1.807) is 18.2 Å². The number of oxazole rings is 1. The van der Waals surface area contributed by atoms with Crippen LogP contribution in [-0.4, -0.2) is 10.1 Å². The number of aromatic amines is 1. The number of benzene rings is 2. The molecule has 5 nitrogen and oxygen atoms in total. The number of hydrogen-bond donors (Lipinski definition) is 3. The van der Waals surface area contributed by atoms with E-state index in [2.05, 4.69) is 36.8 Å². The number of H-pyrrole nitrogens is 1. The SMILES string of the molecule is Nc1c(O)ccc(Br)c1Cl.O=c1[nH]c2c(Cl)c(Br)ccc2o1. The highest BCUT2D eigenvalue weighted by molar-refractivity contribution is 9.10. The number of anilines is 1. The fraction of sp³-hybridized carbons (Fsp3) is 0. The van der Waals surface area contributed by atoms with Gasteiger partial charge in [-0.25, -0.2) is 4.79 Å². The second-order valence-electron chi connectivity index (χ2n) is 4.04. The molecule has 2 aromatic carbocycles. The van der Waals surface area contributed by atoms with Gasteiger partial charge in [-0.2, -0.15) is 0 Å². The van der Waals surface area contributed by atoms with Gasteiger partial charge >= 0.3 is 5.76 Å². The third kappa shape index (κ3) is 3.60. The monoisotopic (exact) mass is 468 g/mol. The molecular formula is C13H8Br2Cl2N2O3. The van der Waals surface area contributed by atoms with Crippen LogP contribution in [0, 0.1) is 0 Å². The summed E-state index contributed by atoms with van der Waals surface area (Å²) in [6.45, 7) is 0. The Morgan fingerprint density at radius 3 is 2.32 bits per heavy atom. The van der Waals surface area contributed by atoms with E-state index in [4.69, 9.17) is 38.5 Å². The molecule has 3 aromatic rings. The Morgan fingerprint density at radius 1 is 1.09 bits per heavy atom. The molecule has 0 unspecified atom stereocenters. The molecule has 1 heterocycles. The molecule has 0 atom stereocenters. The maximum atomic E-state index is 10.8. The van der Waals surface area contributed by atoms with Gasteiger partial charge in [0.05, 0.1) is 15.7 Å². The van der Waals surface area contributed by atoms with Gasteiger partial charge in [0.15, 0.2) is 5.58 Å². The molecule has 1 aromatic heterocycles. The molecule has 0 bridgehead atoms. The average molecular weight is 471 g/mol. The van der Waals surface area contributed by atoms with Crippen LogP contribution >= 0.6 is 55.1 Å². The van der Waals surface area contributed by atoms with Gasteiger partial charge in [0, 0.05) is 8.95 Å². The maximum Gasteiger partial charge on any atom is 0.417 e. The number of aromatic nitrogens is 1. The molecule has 0 spiro atoms. The number of nitrogens with one attached hydrogen (secondary N) is 1. The summed E-state index contributed by atoms with van der Waals surface area (Å²) in [5.41, 5.74) is 6.57. The van der Waals surface area contributed by atoms with E-state index in [9.17, 15) is 4.79 Å². The molecule has 0 aliphatic rings. The Hall–Kier alpha value is -1.15. The molecule has 3 rings (SSSR count). The van der Waals surface area contributed by atoms with Crippen molar-refractivity contribution in [3.63, 3.8) is 0 Å². The van der Waals surface area contributed by atoms with Crippen molar-refractivity contribution in [3.05, 3.63) is 53.8 Å². The van der Waals surface area contributed by atoms with E-state index < -0.39 is 5.76 Å². The number of aromatic hydroxyl groups is 1. The molecule has 0 radical (unpaired) electrons. The quantitative estimate of drug-likeness (QED) is 0.321. The number of rotatable bonds is 0. The summed E-state index contributed by atoms with van der Waals surface area (Å²) in [5, 5.41) is 9.80. The van der Waals surface area contributed by atoms with E-state index in [1.807, 2.05) is 0 Å². The Labute approximate surface area is 151 Å². The molecule has 0 saturated carbocycles. The lowest BCUT2D eigenvalue weighted by molar-refractivity contribution is 0.478. The zero-order valence-corrected chi connectivity index (χ0v) is 15.3. The zero-order chi connectivity index (χ0) is 16.4. The summed E-state index contributed by atoms with van der Waals surface area (Å²) in [6, 6.07) is 6.50. The second kappa shape index (κ2) is 6.95. The fourth-order valence-corrected chi connectivity index (χ4v) is 2.56. The van der Waals surface area contributed by atoms with Crippen LogP contribution < -0.4 is 11.5 Å². The largest absolute Gasteiger partial charge is 0.506 e. The van der Waals surface area contributed by atoms with Gasteiger partial charge in [-0.15, -0.1) is 0 Å². The Balaban J connectivity index is 0.000000164. The highest BCUT2D eigenvalue weighted by Gasteiger charge is 2.07. The predicted octanol–water partition coefficient (Wildman–Crippen LogP) is 4.93. The lowest BCUT2D eigenvalue weighted by Gasteiger charge is -2.01. The van der Waals surface area contributed by atoms with Gasteiger partial charge in [0.25, 0.3) is 0 Å². The first-order chi connectivity index (χ1) is 10.3. The fourth-order valence-electron chi connectivity index (χ4n) is 1.52. The molecule has 4 N–H and O–H groups in total. The number of phenols is 1. The van der Waals surface area contributed by atoms with Crippen LogP contribution in [0.5, 0.6) is 5.75 Å². The second-order valence-corrected chi connectivity index (χ2v) is 6.51. The summed E-state index contributed by atoms with van der Waals surface area (Å²) in [4.78, 5) is 13.2. The first-order valence-corrected chi connectivity index (χ1v) is 8.04. The summed E-state index contributed by atoms with van der Waals surface area (Å²) in [6.07, 6.45) is 0. The number of fused-ring (bicyclic) bond motifs is 1. The van der Waals surface area contributed by atoms with Gasteiger partial charge < -0.3 is 15.3 Å². The third-order valence-electron chi connectivity index (χ3n) is 2.60. The normalized spacial score (nSPS) is 10.4. The maximum absolute atomic E-state index is 10.8. The minimum atomic E-state index is -0.495. The van der Waals surface area contributed by atoms with Crippen molar-refractivity contribution in [1.82, 2.24) is 4.98 Å². The molecule has 116 valence electrons. The summed E-state index contributed by atoms with van der Waals surface area (Å²) in [5.74, 6) is -0.488. The molecule has 9 heteroatoms. The standard InChI is InChI=1S/C7H3BrClNO2.C6H5BrClNO/c8-3-1-2-4-6(5(3)9)10-7(11)12-4;7-3-1-2-4(10)6(9)5(3)8/h1-2H,(H,10,11);1-2,10H,9H2. The molecule has 0 aliphatic carbocycles. The molecule has 0 fully saturated rings. The number of halogens is 4. The van der Waals surface area contributed by atoms with Crippen LogP contribution in [0.25, 0.3) is 11.1 Å². The molecular weight excluding hydrogens is 463 g/mol. The van der Waals surface area contributed by atoms with Crippen molar-refractivity contribution in [2.45, 2.75) is 0 Å². The average Bonchev–Trinajstić information content (AvgIpc) is 2.87. The topological polar surface area (TPSA) is 92.2 Å². The summed E-state index contributed by atoms with van der Waals surface area (Å²) < 4.78 is 6.20. The van der Waals surface area contributed by atoms with Crippen molar-refractivity contribution in [3.8, 4) is 5.75 Å². The van der Waals surface area contributed by atoms with E-state index in [-0.39, 0.29) is 11.4 Å². The smallest absolute Gasteiger partial charge is 0.417 e. The van der Waals surface area contributed by atoms with Crippen molar-refractivity contribution >= 4 is 71.8 Å². The lowest BCUT2D eigenvalue weighted by atomic mass is 10.3. The first-order valence-electron chi connectivity index (χ1n) is 5.70. The highest BCUT2D eigenvalue weighted by Crippen LogP contribution is 2.34. The number of hydrogen-bond acceptors (Lipinski definition) is 4. The highest BCUT2D eigenvalue weighted by atomic mass is 79.9. The van der Waals surface area contributed by atoms with E-state index in [0.29, 0.717) is 25.6 Å². The number of nitrogens with two attached hydrogens (primary N) is 1. The van der Waals surface area contributed by atoms with E-state index >= 15 is 0 Å². The van der Waals surface area contributed by atoms with Gasteiger partial charge in [0.1, 0.15) is 11.3 Å². The predicted molar refractivity (Wildman–Crippen MR) is 94.8 cm³/mol. The third-order valence-corrected chi connectivity index (χ3v) is 5.17. The van der Waals surface area contributed by atoms with Crippen molar-refractivity contribution in [1.29, 1.82) is 0 Å². The first kappa shape index (κ1) is 17.2. The van der Waals surface area contributed by atoms with Crippen LogP contribution in [0.1, 0.15) is 0 Å². The van der Waals surface area contributed by atoms with Crippen LogP contribution in [0.3, 0.4) is 0 Å². The van der Waals surface area contributed by atoms with Crippen LogP contribution in [0.4, 0.5) is 5.69 Å². The zero-order valence-electron chi connectivity index (χ0n) is 10.7. The Kier molecular flexibility index (Phi) is 5.44. The van der Waals surface area contributed by atoms with Gasteiger partial charge in [0.2, 0.25) is 0 Å². The number of nitrogen functional groups attached to an aromatic ring is 1. The van der Waals surface area contributed by atoms with Crippen molar-refractivity contribution in [2.24, 2.45) is 0 Å². The molecule has 0 aliphatic heterocycles. The lowest BCUT2D eigenvalue weighted by Crippen LogP contribution is -1.93. The Morgan fingerprint density at radius 2 is 1.68 bits per heavy atom. The summed E-state index contributed by atoms with van der Waals surface area (Å²) in [7, 11) is 0. The minimum Gasteiger partial charge on any atom is -0.506 e. The molecule has 0 saturated heterocycles. The van der Waals surface area contributed by atoms with Crippen LogP contribution in [0.15, 0.2) is 42.4 Å². The van der Waals surface area contributed by atoms with Crippen LogP contribution in [-0.2, 0) is 0 Å². The van der Waals surface area contributed by atoms with Crippen LogP contribution in [0.2, 0.25) is 10.0 Å².